The van der Waals surface area contributed by atoms with E-state index in [-0.39, 0.29) is 21.4 Å². The number of halogens is 2. The predicted octanol–water partition coefficient (Wildman–Crippen LogP) is 3.93. The topological polar surface area (TPSA) is 78.4 Å². The van der Waals surface area contributed by atoms with Crippen LogP contribution in [-0.2, 0) is 0 Å². The summed E-state index contributed by atoms with van der Waals surface area (Å²) in [5.41, 5.74) is 0.618. The van der Waals surface area contributed by atoms with Gasteiger partial charge in [0.15, 0.2) is 5.11 Å². The normalized spacial score (nSPS) is 10.0. The van der Waals surface area contributed by atoms with Crippen molar-refractivity contribution < 1.29 is 14.7 Å². The Bertz CT molecular complexity index is 781. The number of aromatic carboxylic acids is 1. The molecule has 2 aromatic carbocycles. The van der Waals surface area contributed by atoms with Crippen molar-refractivity contribution in [2.24, 2.45) is 0 Å². The molecule has 1 amide bonds. The Morgan fingerprint density at radius 2 is 1.78 bits per heavy atom. The molecular weight excluding hydrogens is 404 g/mol. The van der Waals surface area contributed by atoms with Gasteiger partial charge in [0, 0.05) is 15.1 Å². The fraction of sp³-hybridized carbons (Fsp3) is 0. The van der Waals surface area contributed by atoms with Gasteiger partial charge in [0.25, 0.3) is 5.91 Å². The molecule has 0 heterocycles. The van der Waals surface area contributed by atoms with Crippen LogP contribution in [0.5, 0.6) is 0 Å². The second kappa shape index (κ2) is 7.54. The van der Waals surface area contributed by atoms with Crippen molar-refractivity contribution in [2.75, 3.05) is 5.32 Å². The fourth-order valence-corrected chi connectivity index (χ4v) is 2.37. The number of rotatable bonds is 3. The number of benzene rings is 2. The van der Waals surface area contributed by atoms with Crippen LogP contribution in [0.1, 0.15) is 20.7 Å². The number of carbonyl (C=O) groups excluding carboxylic acids is 1. The number of carboxylic acid groups (broad SMARTS) is 1. The van der Waals surface area contributed by atoms with Crippen LogP contribution in [-0.4, -0.2) is 22.1 Å². The summed E-state index contributed by atoms with van der Waals surface area (Å²) < 4.78 is 0.849. The number of carboxylic acids is 1. The monoisotopic (exact) mass is 412 g/mol. The van der Waals surface area contributed by atoms with Gasteiger partial charge in [0.05, 0.1) is 11.3 Å². The molecule has 8 heteroatoms. The van der Waals surface area contributed by atoms with Crippen molar-refractivity contribution in [2.45, 2.75) is 0 Å². The first-order valence-corrected chi connectivity index (χ1v) is 7.85. The number of thiocarbonyl (C=S) groups is 1. The Kier molecular flexibility index (Phi) is 5.70. The average Bonchev–Trinajstić information content (AvgIpc) is 2.49. The highest BCUT2D eigenvalue weighted by Gasteiger charge is 2.13. The van der Waals surface area contributed by atoms with Crippen LogP contribution in [0.3, 0.4) is 0 Å². The second-order valence-electron chi connectivity index (χ2n) is 4.41. The quantitative estimate of drug-likeness (QED) is 0.665. The zero-order valence-electron chi connectivity index (χ0n) is 11.5. The second-order valence-corrected chi connectivity index (χ2v) is 6.17. The molecule has 3 N–H and O–H groups in total. The maximum atomic E-state index is 12.0. The van der Waals surface area contributed by atoms with Gasteiger partial charge in [-0.15, -0.1) is 0 Å². The molecule has 0 atom stereocenters. The molecule has 0 aliphatic heterocycles. The minimum absolute atomic E-state index is 0.0114. The summed E-state index contributed by atoms with van der Waals surface area (Å²) in [4.78, 5) is 23.2. The molecule has 0 radical (unpaired) electrons. The molecule has 0 saturated heterocycles. The third-order valence-electron chi connectivity index (χ3n) is 2.79. The number of hydrogen-bond donors (Lipinski definition) is 3. The third-order valence-corrected chi connectivity index (χ3v) is 3.76. The van der Waals surface area contributed by atoms with Gasteiger partial charge in [0.1, 0.15) is 0 Å². The predicted molar refractivity (Wildman–Crippen MR) is 96.2 cm³/mol. The van der Waals surface area contributed by atoms with E-state index in [1.54, 1.807) is 24.3 Å². The first-order valence-electron chi connectivity index (χ1n) is 6.27. The molecule has 2 rings (SSSR count). The van der Waals surface area contributed by atoms with Gasteiger partial charge in [-0.05, 0) is 54.7 Å². The molecule has 0 aliphatic rings. The van der Waals surface area contributed by atoms with Crippen LogP contribution in [0.2, 0.25) is 5.02 Å². The van der Waals surface area contributed by atoms with E-state index in [4.69, 9.17) is 28.9 Å². The Hall–Kier alpha value is -1.96. The zero-order chi connectivity index (χ0) is 17.0. The van der Waals surface area contributed by atoms with Gasteiger partial charge in [-0.1, -0.05) is 27.5 Å². The van der Waals surface area contributed by atoms with E-state index in [0.717, 1.165) is 4.47 Å². The van der Waals surface area contributed by atoms with Crippen LogP contribution in [0.15, 0.2) is 46.9 Å². The van der Waals surface area contributed by atoms with E-state index in [9.17, 15) is 9.59 Å². The summed E-state index contributed by atoms with van der Waals surface area (Å²) in [6.07, 6.45) is 0. The summed E-state index contributed by atoms with van der Waals surface area (Å²) in [6, 6.07) is 11.0. The van der Waals surface area contributed by atoms with Crippen molar-refractivity contribution in [1.29, 1.82) is 0 Å². The number of nitrogens with one attached hydrogen (secondary N) is 2. The standard InChI is InChI=1S/C15H10BrClN2O3S/c16-9-3-1-8(2-4-9)13(20)19-15(23)18-12-6-5-10(17)7-11(12)14(21)22/h1-7H,(H,21,22)(H2,18,19,20,23). The highest BCUT2D eigenvalue weighted by Crippen LogP contribution is 2.20. The maximum Gasteiger partial charge on any atom is 0.337 e. The van der Waals surface area contributed by atoms with Crippen LogP contribution in [0.4, 0.5) is 5.69 Å². The molecule has 2 aromatic rings. The average molecular weight is 414 g/mol. The van der Waals surface area contributed by atoms with Gasteiger partial charge in [-0.3, -0.25) is 10.1 Å². The van der Waals surface area contributed by atoms with Crippen LogP contribution in [0, 0.1) is 0 Å². The maximum absolute atomic E-state index is 12.0. The highest BCUT2D eigenvalue weighted by atomic mass is 79.9. The fourth-order valence-electron chi connectivity index (χ4n) is 1.73. The van der Waals surface area contributed by atoms with Gasteiger partial charge in [-0.2, -0.15) is 0 Å². The lowest BCUT2D eigenvalue weighted by Gasteiger charge is -2.12. The molecule has 0 saturated carbocycles. The van der Waals surface area contributed by atoms with Crippen LogP contribution >= 0.6 is 39.7 Å². The Labute approximate surface area is 150 Å². The van der Waals surface area contributed by atoms with Gasteiger partial charge in [-0.25, -0.2) is 4.79 Å². The van der Waals surface area contributed by atoms with E-state index >= 15 is 0 Å². The number of carbonyl (C=O) groups is 2. The van der Waals surface area contributed by atoms with Gasteiger partial charge < -0.3 is 10.4 Å². The molecule has 5 nitrogen and oxygen atoms in total. The Morgan fingerprint density at radius 3 is 2.39 bits per heavy atom. The lowest BCUT2D eigenvalue weighted by Crippen LogP contribution is -2.34. The van der Waals surface area contributed by atoms with Crippen molar-refractivity contribution in [1.82, 2.24) is 5.32 Å². The molecule has 23 heavy (non-hydrogen) atoms. The van der Waals surface area contributed by atoms with Crippen molar-refractivity contribution in [3.8, 4) is 0 Å². The van der Waals surface area contributed by atoms with Crippen molar-refractivity contribution in [3.63, 3.8) is 0 Å². The van der Waals surface area contributed by atoms with Gasteiger partial charge in [0.2, 0.25) is 0 Å². The van der Waals surface area contributed by atoms with Crippen molar-refractivity contribution >= 4 is 62.4 Å². The number of hydrogen-bond acceptors (Lipinski definition) is 3. The summed E-state index contributed by atoms with van der Waals surface area (Å²) in [7, 11) is 0. The van der Waals surface area contributed by atoms with Crippen LogP contribution in [0.25, 0.3) is 0 Å². The van der Waals surface area contributed by atoms with E-state index in [1.807, 2.05) is 0 Å². The molecule has 118 valence electrons. The summed E-state index contributed by atoms with van der Waals surface area (Å²) >= 11 is 14.1. The van der Waals surface area contributed by atoms with Crippen LogP contribution < -0.4 is 10.6 Å². The molecule has 0 aliphatic carbocycles. The number of amides is 1. The lowest BCUT2D eigenvalue weighted by molar-refractivity contribution is 0.0698. The Balaban J connectivity index is 2.09. The minimum atomic E-state index is -1.16. The van der Waals surface area contributed by atoms with E-state index in [2.05, 4.69) is 26.6 Å². The zero-order valence-corrected chi connectivity index (χ0v) is 14.6. The molecule has 0 fully saturated rings. The molecule has 0 aromatic heterocycles. The third kappa shape index (κ3) is 4.75. The Morgan fingerprint density at radius 1 is 1.13 bits per heavy atom. The first kappa shape index (κ1) is 17.4. The molecular formula is C15H10BrClN2O3S. The molecule has 0 bridgehead atoms. The molecule has 0 unspecified atom stereocenters. The van der Waals surface area contributed by atoms with E-state index < -0.39 is 11.9 Å². The summed E-state index contributed by atoms with van der Waals surface area (Å²) in [5.74, 6) is -1.56. The largest absolute Gasteiger partial charge is 0.478 e. The van der Waals surface area contributed by atoms with Crippen molar-refractivity contribution in [3.05, 3.63) is 63.1 Å². The van der Waals surface area contributed by atoms with Gasteiger partial charge >= 0.3 is 5.97 Å². The summed E-state index contributed by atoms with van der Waals surface area (Å²) in [5, 5.41) is 14.6. The lowest BCUT2D eigenvalue weighted by atomic mass is 10.2. The highest BCUT2D eigenvalue weighted by molar-refractivity contribution is 9.10. The minimum Gasteiger partial charge on any atom is -0.478 e. The molecule has 0 spiro atoms. The van der Waals surface area contributed by atoms with E-state index in [0.29, 0.717) is 5.56 Å². The SMILES string of the molecule is O=C(NC(=S)Nc1ccc(Cl)cc1C(=O)O)c1ccc(Br)cc1. The first-order chi connectivity index (χ1) is 10.9. The smallest absolute Gasteiger partial charge is 0.337 e. The summed E-state index contributed by atoms with van der Waals surface area (Å²) in [6.45, 7) is 0. The van der Waals surface area contributed by atoms with E-state index in [1.165, 1.54) is 18.2 Å². The number of anilines is 1.